The Kier molecular flexibility index (Phi) is 5.12. The molecule has 7 nitrogen and oxygen atoms in total. The molecule has 0 aliphatic heterocycles. The molecule has 2 aromatic heterocycles. The molecule has 1 amide bonds. The number of halogens is 1. The van der Waals surface area contributed by atoms with Crippen molar-refractivity contribution in [1.82, 2.24) is 9.55 Å². The first kappa shape index (κ1) is 19.2. The van der Waals surface area contributed by atoms with Crippen molar-refractivity contribution in [1.29, 1.82) is 0 Å². The number of amides is 1. The summed E-state index contributed by atoms with van der Waals surface area (Å²) in [5, 5.41) is 3.59. The van der Waals surface area contributed by atoms with Gasteiger partial charge in [-0.05, 0) is 25.5 Å². The third kappa shape index (κ3) is 3.26. The average Bonchev–Trinajstić information content (AvgIpc) is 2.96. The van der Waals surface area contributed by atoms with E-state index in [0.717, 1.165) is 0 Å². The van der Waals surface area contributed by atoms with Gasteiger partial charge in [-0.25, -0.2) is 4.98 Å². The Bertz CT molecular complexity index is 1120. The highest BCUT2D eigenvalue weighted by molar-refractivity contribution is 7.20. The minimum absolute atomic E-state index is 0.171. The van der Waals surface area contributed by atoms with Crippen LogP contribution in [-0.4, -0.2) is 29.7 Å². The molecule has 0 unspecified atom stereocenters. The summed E-state index contributed by atoms with van der Waals surface area (Å²) in [6, 6.07) is 3.15. The number of carbonyl (C=O) groups excluding carboxylic acids is 1. The van der Waals surface area contributed by atoms with Crippen molar-refractivity contribution < 1.29 is 14.3 Å². The predicted molar refractivity (Wildman–Crippen MR) is 107 cm³/mol. The fraction of sp³-hybridized carbons (Fsp3) is 0.278. The molecular formula is C18H18ClN3O4S. The van der Waals surface area contributed by atoms with Gasteiger partial charge in [0, 0.05) is 13.1 Å². The number of aromatic nitrogens is 2. The Balaban J connectivity index is 2.05. The second kappa shape index (κ2) is 7.21. The van der Waals surface area contributed by atoms with Crippen molar-refractivity contribution in [2.24, 2.45) is 7.05 Å². The fourth-order valence-corrected chi connectivity index (χ4v) is 4.07. The second-order valence-electron chi connectivity index (χ2n) is 5.90. The molecule has 1 N–H and O–H groups in total. The Morgan fingerprint density at radius 2 is 1.89 bits per heavy atom. The van der Waals surface area contributed by atoms with Crippen LogP contribution in [0.15, 0.2) is 16.9 Å². The Hall–Kier alpha value is -2.58. The maximum Gasteiger partial charge on any atom is 0.266 e. The summed E-state index contributed by atoms with van der Waals surface area (Å²) in [5.41, 5.74) is 0.830. The number of rotatable bonds is 4. The van der Waals surface area contributed by atoms with Gasteiger partial charge in [-0.1, -0.05) is 11.6 Å². The number of fused-ring (bicyclic) bond motifs is 1. The third-order valence-corrected chi connectivity index (χ3v) is 5.80. The van der Waals surface area contributed by atoms with E-state index in [0.29, 0.717) is 48.7 Å². The van der Waals surface area contributed by atoms with Crippen LogP contribution in [0, 0.1) is 13.8 Å². The molecule has 2 heterocycles. The van der Waals surface area contributed by atoms with Gasteiger partial charge in [-0.2, -0.15) is 0 Å². The van der Waals surface area contributed by atoms with Crippen molar-refractivity contribution in [3.63, 3.8) is 0 Å². The molecule has 0 aliphatic rings. The quantitative estimate of drug-likeness (QED) is 0.715. The number of anilines is 1. The third-order valence-electron chi connectivity index (χ3n) is 4.32. The van der Waals surface area contributed by atoms with Gasteiger partial charge < -0.3 is 14.8 Å². The molecule has 142 valence electrons. The number of methoxy groups -OCH3 is 2. The van der Waals surface area contributed by atoms with Crippen LogP contribution in [0.25, 0.3) is 10.2 Å². The van der Waals surface area contributed by atoms with E-state index in [4.69, 9.17) is 21.1 Å². The highest BCUT2D eigenvalue weighted by Gasteiger charge is 2.21. The normalized spacial score (nSPS) is 10.9. The summed E-state index contributed by atoms with van der Waals surface area (Å²) in [5.74, 6) is 1.07. The largest absolute Gasteiger partial charge is 0.495 e. The lowest BCUT2D eigenvalue weighted by Crippen LogP contribution is -2.20. The lowest BCUT2D eigenvalue weighted by Gasteiger charge is -2.12. The molecule has 0 fully saturated rings. The number of hydrogen-bond acceptors (Lipinski definition) is 6. The van der Waals surface area contributed by atoms with E-state index in [1.165, 1.54) is 30.1 Å². The highest BCUT2D eigenvalue weighted by atomic mass is 35.5. The number of nitrogens with zero attached hydrogens (tertiary/aromatic N) is 2. The smallest absolute Gasteiger partial charge is 0.266 e. The summed E-state index contributed by atoms with van der Waals surface area (Å²) in [6.45, 7) is 3.49. The van der Waals surface area contributed by atoms with Gasteiger partial charge in [0.25, 0.3) is 11.5 Å². The Labute approximate surface area is 164 Å². The number of thiophene rings is 1. The van der Waals surface area contributed by atoms with Crippen LogP contribution in [0.1, 0.15) is 21.1 Å². The molecule has 0 atom stereocenters. The van der Waals surface area contributed by atoms with E-state index in [-0.39, 0.29) is 11.5 Å². The molecule has 0 radical (unpaired) electrons. The van der Waals surface area contributed by atoms with E-state index in [9.17, 15) is 9.59 Å². The number of benzene rings is 1. The number of ether oxygens (including phenoxy) is 2. The van der Waals surface area contributed by atoms with Crippen molar-refractivity contribution in [3.05, 3.63) is 43.8 Å². The van der Waals surface area contributed by atoms with Crippen LogP contribution < -0.4 is 20.3 Å². The first-order valence-electron chi connectivity index (χ1n) is 7.98. The molecule has 0 bridgehead atoms. The first-order valence-corrected chi connectivity index (χ1v) is 9.17. The standard InChI is InChI=1S/C18H18ClN3O4S/c1-8-14-17(20-9(2)22(3)18(14)24)27-15(8)16(23)21-11-6-10(19)12(25-4)7-13(11)26-5/h6-7H,1-5H3,(H,21,23). The van der Waals surface area contributed by atoms with Gasteiger partial charge in [0.2, 0.25) is 0 Å². The van der Waals surface area contributed by atoms with Crippen molar-refractivity contribution in [2.75, 3.05) is 19.5 Å². The fourth-order valence-electron chi connectivity index (χ4n) is 2.72. The summed E-state index contributed by atoms with van der Waals surface area (Å²) in [7, 11) is 4.64. The maximum atomic E-state index is 12.9. The predicted octanol–water partition coefficient (Wildman–Crippen LogP) is 3.53. The summed E-state index contributed by atoms with van der Waals surface area (Å²) >= 11 is 7.33. The molecule has 1 aromatic carbocycles. The topological polar surface area (TPSA) is 82.4 Å². The average molecular weight is 408 g/mol. The van der Waals surface area contributed by atoms with Gasteiger partial charge >= 0.3 is 0 Å². The molecule has 0 saturated heterocycles. The lowest BCUT2D eigenvalue weighted by atomic mass is 10.2. The summed E-state index contributed by atoms with van der Waals surface area (Å²) < 4.78 is 11.9. The van der Waals surface area contributed by atoms with Crippen LogP contribution >= 0.6 is 22.9 Å². The monoisotopic (exact) mass is 407 g/mol. The molecule has 3 rings (SSSR count). The van der Waals surface area contributed by atoms with E-state index in [1.807, 2.05) is 0 Å². The number of hydrogen-bond donors (Lipinski definition) is 1. The number of nitrogens with one attached hydrogen (secondary N) is 1. The van der Waals surface area contributed by atoms with Crippen molar-refractivity contribution >= 4 is 44.7 Å². The van der Waals surface area contributed by atoms with Gasteiger partial charge in [0.05, 0.1) is 35.2 Å². The van der Waals surface area contributed by atoms with Crippen LogP contribution in [0.3, 0.4) is 0 Å². The summed E-state index contributed by atoms with van der Waals surface area (Å²) in [6.07, 6.45) is 0. The van der Waals surface area contributed by atoms with Crippen molar-refractivity contribution in [2.45, 2.75) is 13.8 Å². The molecule has 0 saturated carbocycles. The molecule has 9 heteroatoms. The first-order chi connectivity index (χ1) is 12.8. The minimum atomic E-state index is -0.366. The van der Waals surface area contributed by atoms with Gasteiger partial charge in [-0.15, -0.1) is 11.3 Å². The number of aryl methyl sites for hydroxylation is 2. The van der Waals surface area contributed by atoms with Gasteiger partial charge in [0.1, 0.15) is 22.2 Å². The van der Waals surface area contributed by atoms with E-state index < -0.39 is 0 Å². The van der Waals surface area contributed by atoms with Crippen LogP contribution in [-0.2, 0) is 7.05 Å². The zero-order chi connectivity index (χ0) is 19.9. The SMILES string of the molecule is COc1cc(OC)c(NC(=O)c2sc3nc(C)n(C)c(=O)c3c2C)cc1Cl. The van der Waals surface area contributed by atoms with Crippen LogP contribution in [0.5, 0.6) is 11.5 Å². The Morgan fingerprint density at radius 3 is 2.52 bits per heavy atom. The van der Waals surface area contributed by atoms with Gasteiger partial charge in [-0.3, -0.25) is 14.2 Å². The minimum Gasteiger partial charge on any atom is -0.495 e. The van der Waals surface area contributed by atoms with E-state index in [1.54, 1.807) is 33.0 Å². The van der Waals surface area contributed by atoms with Crippen molar-refractivity contribution in [3.8, 4) is 11.5 Å². The zero-order valence-electron chi connectivity index (χ0n) is 15.5. The summed E-state index contributed by atoms with van der Waals surface area (Å²) in [4.78, 5) is 30.7. The van der Waals surface area contributed by atoms with E-state index >= 15 is 0 Å². The van der Waals surface area contributed by atoms with Gasteiger partial charge in [0.15, 0.2) is 0 Å². The molecule has 27 heavy (non-hydrogen) atoms. The van der Waals surface area contributed by atoms with Crippen LogP contribution in [0.4, 0.5) is 5.69 Å². The lowest BCUT2D eigenvalue weighted by molar-refractivity contribution is 0.102. The highest BCUT2D eigenvalue weighted by Crippen LogP contribution is 2.37. The molecular weight excluding hydrogens is 390 g/mol. The van der Waals surface area contributed by atoms with E-state index in [2.05, 4.69) is 10.3 Å². The zero-order valence-corrected chi connectivity index (χ0v) is 17.0. The molecule has 0 spiro atoms. The number of carbonyl (C=O) groups is 1. The second-order valence-corrected chi connectivity index (χ2v) is 7.31. The van der Waals surface area contributed by atoms with Crippen LogP contribution in [0.2, 0.25) is 5.02 Å². The maximum absolute atomic E-state index is 12.9. The molecule has 3 aromatic rings. The molecule has 0 aliphatic carbocycles. The Morgan fingerprint density at radius 1 is 1.22 bits per heavy atom.